The maximum atomic E-state index is 13.6. The molecule has 0 aliphatic carbocycles. The summed E-state index contributed by atoms with van der Waals surface area (Å²) in [5.41, 5.74) is 1.56. The number of likely N-dealkylation sites (tertiary alicyclic amines) is 1. The summed E-state index contributed by atoms with van der Waals surface area (Å²) in [6.07, 6.45) is 3.61. The molecule has 9 heteroatoms. The molecule has 0 spiro atoms. The van der Waals surface area contributed by atoms with Gasteiger partial charge in [0.05, 0.1) is 32.0 Å². The van der Waals surface area contributed by atoms with Gasteiger partial charge in [-0.1, -0.05) is 18.6 Å². The van der Waals surface area contributed by atoms with Crippen molar-refractivity contribution in [3.8, 4) is 5.75 Å². The van der Waals surface area contributed by atoms with E-state index in [-0.39, 0.29) is 36.0 Å². The number of carbonyl (C=O) groups excluding carboxylic acids is 2. The van der Waals surface area contributed by atoms with Crippen molar-refractivity contribution in [1.82, 2.24) is 20.0 Å². The van der Waals surface area contributed by atoms with Gasteiger partial charge in [-0.25, -0.2) is 4.39 Å². The summed E-state index contributed by atoms with van der Waals surface area (Å²) in [5, 5.41) is 7.30. The van der Waals surface area contributed by atoms with Crippen molar-refractivity contribution in [2.45, 2.75) is 38.2 Å². The zero-order chi connectivity index (χ0) is 22.3. The Morgan fingerprint density at radius 3 is 3.00 bits per heavy atom. The number of hydrogen-bond donors (Lipinski definition) is 1. The van der Waals surface area contributed by atoms with Crippen LogP contribution >= 0.6 is 0 Å². The van der Waals surface area contributed by atoms with Crippen LogP contribution in [0.1, 0.15) is 43.2 Å². The number of ether oxygens (including phenoxy) is 2. The fourth-order valence-corrected chi connectivity index (χ4v) is 4.03. The van der Waals surface area contributed by atoms with E-state index in [9.17, 15) is 14.0 Å². The molecule has 0 saturated carbocycles. The molecule has 2 aliphatic rings. The van der Waals surface area contributed by atoms with Gasteiger partial charge in [0.25, 0.3) is 0 Å². The van der Waals surface area contributed by atoms with Crippen molar-refractivity contribution in [3.63, 3.8) is 0 Å². The highest BCUT2D eigenvalue weighted by Gasteiger charge is 2.29. The zero-order valence-corrected chi connectivity index (χ0v) is 18.1. The Bertz CT molecular complexity index is 934. The molecule has 1 aromatic carbocycles. The summed E-state index contributed by atoms with van der Waals surface area (Å²) >= 11 is 0. The number of para-hydroxylation sites is 1. The third-order valence-corrected chi connectivity index (χ3v) is 5.86. The minimum Gasteiger partial charge on any atom is -0.490 e. The second-order valence-electron chi connectivity index (χ2n) is 8.17. The van der Waals surface area contributed by atoms with Gasteiger partial charge in [-0.2, -0.15) is 5.10 Å². The fourth-order valence-electron chi connectivity index (χ4n) is 4.03. The number of nitrogens with zero attached hydrogens (tertiary/aromatic N) is 3. The van der Waals surface area contributed by atoms with Crippen LogP contribution in [0.15, 0.2) is 30.3 Å². The summed E-state index contributed by atoms with van der Waals surface area (Å²) in [5.74, 6) is -0.155. The molecule has 32 heavy (non-hydrogen) atoms. The van der Waals surface area contributed by atoms with Crippen LogP contribution in [-0.2, 0) is 20.7 Å². The van der Waals surface area contributed by atoms with E-state index >= 15 is 0 Å². The molecule has 2 saturated heterocycles. The predicted octanol–water partition coefficient (Wildman–Crippen LogP) is 2.47. The number of aromatic amines is 1. The summed E-state index contributed by atoms with van der Waals surface area (Å²) < 4.78 is 25.0. The van der Waals surface area contributed by atoms with Gasteiger partial charge in [0.15, 0.2) is 11.6 Å². The first kappa shape index (κ1) is 22.3. The zero-order valence-electron chi connectivity index (χ0n) is 18.1. The molecule has 2 aliphatic heterocycles. The smallest absolute Gasteiger partial charge is 0.242 e. The lowest BCUT2D eigenvalue weighted by molar-refractivity contribution is -0.145. The summed E-state index contributed by atoms with van der Waals surface area (Å²) in [4.78, 5) is 28.4. The minimum atomic E-state index is -0.389. The van der Waals surface area contributed by atoms with Gasteiger partial charge in [0, 0.05) is 31.6 Å². The molecule has 2 amide bonds. The number of amides is 2. The standard InChI is InChI=1S/C23H29FN4O4/c24-18-6-3-4-7-20(18)31-12-9-17-14-19(26-25-17)21-15-28(11-13-32-21)23(30)16-27-10-5-1-2-8-22(27)29/h3-4,6-7,14,21H,1-2,5,8-13,15-16H2,(H,25,26)/t21-/m0/s1. The summed E-state index contributed by atoms with van der Waals surface area (Å²) in [6, 6.07) is 8.19. The maximum absolute atomic E-state index is 13.6. The SMILES string of the molecule is O=C1CCCCCN1CC(=O)N1CCO[C@H](c2cc(CCOc3ccccc3F)[nH]n2)C1. The van der Waals surface area contributed by atoms with Gasteiger partial charge in [0.1, 0.15) is 6.10 Å². The highest BCUT2D eigenvalue weighted by molar-refractivity contribution is 5.85. The Morgan fingerprint density at radius 1 is 1.25 bits per heavy atom. The molecule has 172 valence electrons. The summed E-state index contributed by atoms with van der Waals surface area (Å²) in [7, 11) is 0. The predicted molar refractivity (Wildman–Crippen MR) is 115 cm³/mol. The Hall–Kier alpha value is -2.94. The van der Waals surface area contributed by atoms with Crippen LogP contribution in [-0.4, -0.2) is 71.2 Å². The van der Waals surface area contributed by atoms with E-state index in [0.717, 1.165) is 25.0 Å². The first-order chi connectivity index (χ1) is 15.6. The van der Waals surface area contributed by atoms with Crippen molar-refractivity contribution < 1.29 is 23.5 Å². The number of morpholine rings is 1. The van der Waals surface area contributed by atoms with Crippen LogP contribution in [0.3, 0.4) is 0 Å². The highest BCUT2D eigenvalue weighted by atomic mass is 19.1. The monoisotopic (exact) mass is 444 g/mol. The first-order valence-electron chi connectivity index (χ1n) is 11.2. The topological polar surface area (TPSA) is 87.8 Å². The van der Waals surface area contributed by atoms with Crippen molar-refractivity contribution in [2.24, 2.45) is 0 Å². The average Bonchev–Trinajstić information content (AvgIpc) is 3.19. The molecule has 0 unspecified atom stereocenters. The molecule has 3 heterocycles. The number of benzene rings is 1. The number of nitrogens with one attached hydrogen (secondary N) is 1. The lowest BCUT2D eigenvalue weighted by Gasteiger charge is -2.33. The second-order valence-corrected chi connectivity index (χ2v) is 8.17. The van der Waals surface area contributed by atoms with E-state index in [1.807, 2.05) is 6.07 Å². The molecule has 0 bridgehead atoms. The van der Waals surface area contributed by atoms with Crippen molar-refractivity contribution in [3.05, 3.63) is 47.5 Å². The molecule has 2 fully saturated rings. The molecule has 8 nitrogen and oxygen atoms in total. The van der Waals surface area contributed by atoms with Crippen molar-refractivity contribution >= 4 is 11.8 Å². The van der Waals surface area contributed by atoms with Gasteiger partial charge >= 0.3 is 0 Å². The van der Waals surface area contributed by atoms with E-state index < -0.39 is 0 Å². The first-order valence-corrected chi connectivity index (χ1v) is 11.2. The molecule has 1 N–H and O–H groups in total. The van der Waals surface area contributed by atoms with Crippen molar-refractivity contribution in [2.75, 3.05) is 39.4 Å². The normalized spacial score (nSPS) is 19.7. The Kier molecular flexibility index (Phi) is 7.36. The molecule has 1 atom stereocenters. The van der Waals surface area contributed by atoms with E-state index in [1.54, 1.807) is 28.0 Å². The number of hydrogen-bond acceptors (Lipinski definition) is 5. The van der Waals surface area contributed by atoms with Gasteiger partial charge in [-0.05, 0) is 31.0 Å². The Morgan fingerprint density at radius 2 is 2.12 bits per heavy atom. The third kappa shape index (κ3) is 5.64. The van der Waals surface area contributed by atoms with E-state index in [4.69, 9.17) is 9.47 Å². The minimum absolute atomic E-state index is 0.0532. The Labute approximate surface area is 186 Å². The van der Waals surface area contributed by atoms with Gasteiger partial charge in [-0.15, -0.1) is 0 Å². The number of rotatable bonds is 7. The van der Waals surface area contributed by atoms with E-state index in [2.05, 4.69) is 10.2 Å². The lowest BCUT2D eigenvalue weighted by Crippen LogP contribution is -2.47. The van der Waals surface area contributed by atoms with Crippen LogP contribution in [0, 0.1) is 5.82 Å². The van der Waals surface area contributed by atoms with E-state index in [1.165, 1.54) is 6.07 Å². The largest absolute Gasteiger partial charge is 0.490 e. The molecule has 1 aromatic heterocycles. The molecular weight excluding hydrogens is 415 g/mol. The average molecular weight is 445 g/mol. The van der Waals surface area contributed by atoms with Crippen molar-refractivity contribution in [1.29, 1.82) is 0 Å². The lowest BCUT2D eigenvalue weighted by atomic mass is 10.2. The number of halogens is 1. The van der Waals surface area contributed by atoms with Gasteiger partial charge < -0.3 is 19.3 Å². The Balaban J connectivity index is 1.28. The van der Waals surface area contributed by atoms with Gasteiger partial charge in [-0.3, -0.25) is 14.7 Å². The van der Waals surface area contributed by atoms with Crippen LogP contribution in [0.5, 0.6) is 5.75 Å². The number of carbonyl (C=O) groups is 2. The van der Waals surface area contributed by atoms with Gasteiger partial charge in [0.2, 0.25) is 11.8 Å². The number of H-pyrrole nitrogens is 1. The summed E-state index contributed by atoms with van der Waals surface area (Å²) in [6.45, 7) is 2.41. The maximum Gasteiger partial charge on any atom is 0.242 e. The quantitative estimate of drug-likeness (QED) is 0.709. The van der Waals surface area contributed by atoms with Crippen LogP contribution in [0.2, 0.25) is 0 Å². The fraction of sp³-hybridized carbons (Fsp3) is 0.522. The molecule has 2 aromatic rings. The highest BCUT2D eigenvalue weighted by Crippen LogP contribution is 2.22. The van der Waals surface area contributed by atoms with Crippen LogP contribution in [0.25, 0.3) is 0 Å². The molecule has 4 rings (SSSR count). The van der Waals surface area contributed by atoms with Crippen LogP contribution < -0.4 is 4.74 Å². The van der Waals surface area contributed by atoms with Crippen LogP contribution in [0.4, 0.5) is 4.39 Å². The third-order valence-electron chi connectivity index (χ3n) is 5.86. The second kappa shape index (κ2) is 10.6. The number of aromatic nitrogens is 2. The molecular formula is C23H29FN4O4. The molecule has 0 radical (unpaired) electrons. The van der Waals surface area contributed by atoms with E-state index in [0.29, 0.717) is 51.4 Å².